The summed E-state index contributed by atoms with van der Waals surface area (Å²) in [5.74, 6) is -1.12. The number of benzene rings is 1. The highest BCUT2D eigenvalue weighted by Crippen LogP contribution is 2.31. The molecule has 1 fully saturated rings. The number of ether oxygens (including phenoxy) is 4. The average Bonchev–Trinajstić information content (AvgIpc) is 2.49. The van der Waals surface area contributed by atoms with Crippen LogP contribution in [0.3, 0.4) is 0 Å². The van der Waals surface area contributed by atoms with Crippen molar-refractivity contribution in [3.8, 4) is 11.5 Å². The van der Waals surface area contributed by atoms with Crippen LogP contribution >= 0.6 is 0 Å². The topological polar surface area (TPSA) is 71.1 Å². The van der Waals surface area contributed by atoms with Gasteiger partial charge in [-0.05, 0) is 36.6 Å². The molecule has 2 rings (SSSR count). The lowest BCUT2D eigenvalue weighted by Gasteiger charge is -2.29. The van der Waals surface area contributed by atoms with E-state index in [9.17, 15) is 9.59 Å². The van der Waals surface area contributed by atoms with E-state index in [0.717, 1.165) is 0 Å². The van der Waals surface area contributed by atoms with Gasteiger partial charge in [0.25, 0.3) is 5.79 Å². The second-order valence-corrected chi connectivity index (χ2v) is 6.58. The molecular weight excluding hydrogens is 324 g/mol. The van der Waals surface area contributed by atoms with Gasteiger partial charge in [0.2, 0.25) is 0 Å². The van der Waals surface area contributed by atoms with Gasteiger partial charge in [-0.1, -0.05) is 19.9 Å². The summed E-state index contributed by atoms with van der Waals surface area (Å²) in [6.45, 7) is 10.0. The van der Waals surface area contributed by atoms with Gasteiger partial charge < -0.3 is 18.9 Å². The van der Waals surface area contributed by atoms with Crippen molar-refractivity contribution >= 4 is 18.0 Å². The lowest BCUT2D eigenvalue weighted by atomic mass is 10.1. The van der Waals surface area contributed by atoms with Gasteiger partial charge in [-0.2, -0.15) is 0 Å². The first-order chi connectivity index (χ1) is 11.7. The minimum atomic E-state index is -1.25. The van der Waals surface area contributed by atoms with Crippen LogP contribution in [-0.4, -0.2) is 30.9 Å². The SMILES string of the molecule is CCOc1cc(C=C2C(=O)OC(C)(C)OC2=O)ccc1OCC(C)C. The Bertz CT molecular complexity index is 665. The van der Waals surface area contributed by atoms with Gasteiger partial charge in [-0.25, -0.2) is 9.59 Å². The number of carbonyl (C=O) groups is 2. The fraction of sp³-hybridized carbons (Fsp3) is 0.474. The maximum Gasteiger partial charge on any atom is 0.348 e. The molecule has 6 heteroatoms. The van der Waals surface area contributed by atoms with Crippen molar-refractivity contribution in [2.24, 2.45) is 5.92 Å². The average molecular weight is 348 g/mol. The summed E-state index contributed by atoms with van der Waals surface area (Å²) in [6.07, 6.45) is 1.43. The molecule has 6 nitrogen and oxygen atoms in total. The molecule has 0 N–H and O–H groups in total. The zero-order valence-electron chi connectivity index (χ0n) is 15.3. The van der Waals surface area contributed by atoms with Crippen LogP contribution in [0.15, 0.2) is 23.8 Å². The molecule has 1 aliphatic rings. The predicted octanol–water partition coefficient (Wildman–Crippen LogP) is 3.34. The lowest BCUT2D eigenvalue weighted by Crippen LogP contribution is -2.41. The Labute approximate surface area is 147 Å². The van der Waals surface area contributed by atoms with E-state index in [1.165, 1.54) is 19.9 Å². The molecule has 25 heavy (non-hydrogen) atoms. The largest absolute Gasteiger partial charge is 0.490 e. The molecule has 0 amide bonds. The molecule has 0 spiro atoms. The van der Waals surface area contributed by atoms with Crippen LogP contribution in [0.25, 0.3) is 6.08 Å². The summed E-state index contributed by atoms with van der Waals surface area (Å²) in [5, 5.41) is 0. The van der Waals surface area contributed by atoms with E-state index >= 15 is 0 Å². The third-order valence-electron chi connectivity index (χ3n) is 3.27. The second kappa shape index (κ2) is 7.59. The normalized spacial score (nSPS) is 16.3. The summed E-state index contributed by atoms with van der Waals surface area (Å²) in [4.78, 5) is 24.1. The van der Waals surface area contributed by atoms with Gasteiger partial charge >= 0.3 is 11.9 Å². The Morgan fingerprint density at radius 1 is 1.08 bits per heavy atom. The van der Waals surface area contributed by atoms with Crippen molar-refractivity contribution in [3.05, 3.63) is 29.3 Å². The monoisotopic (exact) mass is 348 g/mol. The highest BCUT2D eigenvalue weighted by atomic mass is 16.7. The Morgan fingerprint density at radius 3 is 2.28 bits per heavy atom. The summed E-state index contributed by atoms with van der Waals surface area (Å²) in [5.41, 5.74) is 0.460. The van der Waals surface area contributed by atoms with Gasteiger partial charge in [0.05, 0.1) is 13.2 Å². The minimum Gasteiger partial charge on any atom is -0.490 e. The van der Waals surface area contributed by atoms with Crippen molar-refractivity contribution in [1.29, 1.82) is 0 Å². The maximum absolute atomic E-state index is 12.0. The van der Waals surface area contributed by atoms with Crippen LogP contribution in [0.4, 0.5) is 0 Å². The number of hydrogen-bond donors (Lipinski definition) is 0. The minimum absolute atomic E-state index is 0.155. The number of esters is 2. The second-order valence-electron chi connectivity index (χ2n) is 6.58. The first-order valence-electron chi connectivity index (χ1n) is 8.30. The van der Waals surface area contributed by atoms with Crippen LogP contribution in [-0.2, 0) is 19.1 Å². The van der Waals surface area contributed by atoms with E-state index in [-0.39, 0.29) is 5.57 Å². The molecule has 0 bridgehead atoms. The molecule has 0 unspecified atom stereocenters. The third kappa shape index (κ3) is 4.98. The molecule has 136 valence electrons. The highest BCUT2D eigenvalue weighted by molar-refractivity contribution is 6.18. The van der Waals surface area contributed by atoms with Gasteiger partial charge in [-0.3, -0.25) is 0 Å². The highest BCUT2D eigenvalue weighted by Gasteiger charge is 2.38. The molecule has 0 aliphatic carbocycles. The van der Waals surface area contributed by atoms with Gasteiger partial charge in [-0.15, -0.1) is 0 Å². The molecule has 0 radical (unpaired) electrons. The zero-order chi connectivity index (χ0) is 18.6. The molecule has 0 atom stereocenters. The van der Waals surface area contributed by atoms with Crippen molar-refractivity contribution < 1.29 is 28.5 Å². The first-order valence-corrected chi connectivity index (χ1v) is 8.30. The summed E-state index contributed by atoms with van der Waals surface area (Å²) >= 11 is 0. The van der Waals surface area contributed by atoms with Crippen molar-refractivity contribution in [2.45, 2.75) is 40.4 Å². The first kappa shape index (κ1) is 18.8. The lowest BCUT2D eigenvalue weighted by molar-refractivity contribution is -0.222. The van der Waals surface area contributed by atoms with Crippen LogP contribution in [0.1, 0.15) is 40.2 Å². The standard InChI is InChI=1S/C19H24O6/c1-6-22-16-10-13(7-8-15(16)23-11-12(2)3)9-14-17(20)24-19(4,5)25-18(14)21/h7-10,12H,6,11H2,1-5H3. The maximum atomic E-state index is 12.0. The van der Waals surface area contributed by atoms with E-state index in [1.54, 1.807) is 18.2 Å². The Kier molecular flexibility index (Phi) is 5.72. The number of rotatable bonds is 6. The smallest absolute Gasteiger partial charge is 0.348 e. The van der Waals surface area contributed by atoms with Gasteiger partial charge in [0.1, 0.15) is 5.57 Å². The van der Waals surface area contributed by atoms with E-state index < -0.39 is 17.7 Å². The molecule has 1 aromatic rings. The quantitative estimate of drug-likeness (QED) is 0.446. The number of carbonyl (C=O) groups excluding carboxylic acids is 2. The third-order valence-corrected chi connectivity index (χ3v) is 3.27. The van der Waals surface area contributed by atoms with Crippen molar-refractivity contribution in [2.75, 3.05) is 13.2 Å². The van der Waals surface area contributed by atoms with E-state index in [4.69, 9.17) is 18.9 Å². The molecule has 1 heterocycles. The van der Waals surface area contributed by atoms with Crippen LogP contribution < -0.4 is 9.47 Å². The summed E-state index contributed by atoms with van der Waals surface area (Å²) in [6, 6.07) is 5.21. The fourth-order valence-corrected chi connectivity index (χ4v) is 2.20. The van der Waals surface area contributed by atoms with Crippen LogP contribution in [0, 0.1) is 5.92 Å². The zero-order valence-corrected chi connectivity index (χ0v) is 15.3. The Morgan fingerprint density at radius 2 is 1.72 bits per heavy atom. The summed E-state index contributed by atoms with van der Waals surface area (Å²) in [7, 11) is 0. The van der Waals surface area contributed by atoms with E-state index in [2.05, 4.69) is 13.8 Å². The van der Waals surface area contributed by atoms with E-state index in [1.807, 2.05) is 6.92 Å². The molecule has 0 aromatic heterocycles. The Hall–Kier alpha value is -2.50. The molecule has 1 aliphatic heterocycles. The van der Waals surface area contributed by atoms with E-state index in [0.29, 0.717) is 36.2 Å². The number of cyclic esters (lactones) is 2. The fourth-order valence-electron chi connectivity index (χ4n) is 2.20. The Balaban J connectivity index is 2.28. The van der Waals surface area contributed by atoms with Gasteiger partial charge in [0.15, 0.2) is 11.5 Å². The van der Waals surface area contributed by atoms with Gasteiger partial charge in [0, 0.05) is 13.8 Å². The molecule has 1 aromatic carbocycles. The molecule has 0 saturated carbocycles. The van der Waals surface area contributed by atoms with Crippen LogP contribution in [0.2, 0.25) is 0 Å². The van der Waals surface area contributed by atoms with Crippen molar-refractivity contribution in [3.63, 3.8) is 0 Å². The molecular formula is C19H24O6. The molecule has 1 saturated heterocycles. The van der Waals surface area contributed by atoms with Crippen molar-refractivity contribution in [1.82, 2.24) is 0 Å². The predicted molar refractivity (Wildman–Crippen MR) is 92.2 cm³/mol. The summed E-state index contributed by atoms with van der Waals surface area (Å²) < 4.78 is 21.5. The number of hydrogen-bond acceptors (Lipinski definition) is 6. The van der Waals surface area contributed by atoms with Crippen LogP contribution in [0.5, 0.6) is 11.5 Å².